The van der Waals surface area contributed by atoms with Crippen LogP contribution in [0.2, 0.25) is 0 Å². The van der Waals surface area contributed by atoms with Crippen LogP contribution >= 0.6 is 0 Å². The molecular weight excluding hydrogens is 246 g/mol. The van der Waals surface area contributed by atoms with Gasteiger partial charge in [0.2, 0.25) is 0 Å². The third-order valence-corrected chi connectivity index (χ3v) is 2.76. The molecule has 0 heterocycles. The number of hydrogen-bond donors (Lipinski definition) is 0. The molecule has 0 atom stereocenters. The molecule has 0 bridgehead atoms. The van der Waals surface area contributed by atoms with Crippen LogP contribution in [0.4, 0.5) is 5.69 Å². The first-order valence-corrected chi connectivity index (χ1v) is 6.52. The SMILES string of the molecule is CCCCCCOC(=O)Cc1ccc([N+](=O)[O-])cc1. The minimum absolute atomic E-state index is 0.0247. The number of carbonyl (C=O) groups is 1. The zero-order valence-corrected chi connectivity index (χ0v) is 11.1. The average molecular weight is 265 g/mol. The van der Waals surface area contributed by atoms with E-state index in [1.165, 1.54) is 12.1 Å². The summed E-state index contributed by atoms with van der Waals surface area (Å²) in [6.45, 7) is 2.58. The molecule has 1 rings (SSSR count). The van der Waals surface area contributed by atoms with Gasteiger partial charge in [0.25, 0.3) is 5.69 Å². The molecule has 0 amide bonds. The van der Waals surface area contributed by atoms with E-state index in [1.807, 2.05) is 0 Å². The van der Waals surface area contributed by atoms with Crippen LogP contribution in [0.15, 0.2) is 24.3 Å². The summed E-state index contributed by atoms with van der Waals surface area (Å²) in [7, 11) is 0. The summed E-state index contributed by atoms with van der Waals surface area (Å²) in [6.07, 6.45) is 4.42. The Morgan fingerprint density at radius 3 is 2.47 bits per heavy atom. The topological polar surface area (TPSA) is 69.4 Å². The molecule has 0 saturated carbocycles. The van der Waals surface area contributed by atoms with Gasteiger partial charge in [0.1, 0.15) is 0 Å². The second-order valence-corrected chi connectivity index (χ2v) is 4.38. The maximum absolute atomic E-state index is 11.5. The van der Waals surface area contributed by atoms with Gasteiger partial charge < -0.3 is 4.74 Å². The number of nitro groups is 1. The van der Waals surface area contributed by atoms with Crippen molar-refractivity contribution in [1.82, 2.24) is 0 Å². The number of nitrogens with zero attached hydrogens (tertiary/aromatic N) is 1. The van der Waals surface area contributed by atoms with E-state index in [9.17, 15) is 14.9 Å². The predicted octanol–water partition coefficient (Wildman–Crippen LogP) is 3.26. The molecule has 0 aliphatic carbocycles. The quantitative estimate of drug-likeness (QED) is 0.313. The molecule has 0 fully saturated rings. The smallest absolute Gasteiger partial charge is 0.310 e. The Balaban J connectivity index is 2.30. The van der Waals surface area contributed by atoms with Gasteiger partial charge in [-0.25, -0.2) is 0 Å². The number of rotatable bonds is 8. The Morgan fingerprint density at radius 2 is 1.89 bits per heavy atom. The van der Waals surface area contributed by atoms with Gasteiger partial charge in [-0.05, 0) is 12.0 Å². The van der Waals surface area contributed by atoms with Crippen molar-refractivity contribution in [3.8, 4) is 0 Å². The minimum atomic E-state index is -0.462. The zero-order valence-electron chi connectivity index (χ0n) is 11.1. The molecule has 0 aliphatic heterocycles. The number of nitro benzene ring substituents is 1. The van der Waals surface area contributed by atoms with Gasteiger partial charge in [-0.3, -0.25) is 14.9 Å². The summed E-state index contributed by atoms with van der Waals surface area (Å²) >= 11 is 0. The lowest BCUT2D eigenvalue weighted by Gasteiger charge is -2.04. The molecule has 0 aromatic heterocycles. The van der Waals surface area contributed by atoms with E-state index >= 15 is 0 Å². The van der Waals surface area contributed by atoms with Crippen LogP contribution in [0.5, 0.6) is 0 Å². The molecule has 0 saturated heterocycles. The minimum Gasteiger partial charge on any atom is -0.465 e. The van der Waals surface area contributed by atoms with E-state index < -0.39 is 4.92 Å². The monoisotopic (exact) mass is 265 g/mol. The molecule has 0 N–H and O–H groups in total. The van der Waals surface area contributed by atoms with Gasteiger partial charge in [-0.2, -0.15) is 0 Å². The Labute approximate surface area is 112 Å². The van der Waals surface area contributed by atoms with E-state index in [1.54, 1.807) is 12.1 Å². The zero-order chi connectivity index (χ0) is 14.1. The fourth-order valence-electron chi connectivity index (χ4n) is 1.67. The number of esters is 1. The molecule has 0 radical (unpaired) electrons. The molecule has 1 aromatic carbocycles. The summed E-state index contributed by atoms with van der Waals surface area (Å²) in [5, 5.41) is 10.5. The first kappa shape index (κ1) is 15.1. The molecular formula is C14H19NO4. The summed E-state index contributed by atoms with van der Waals surface area (Å²) < 4.78 is 5.10. The highest BCUT2D eigenvalue weighted by Gasteiger charge is 2.08. The number of non-ortho nitro benzene ring substituents is 1. The van der Waals surface area contributed by atoms with Gasteiger partial charge in [0.15, 0.2) is 0 Å². The number of carbonyl (C=O) groups excluding carboxylic acids is 1. The van der Waals surface area contributed by atoms with Gasteiger partial charge in [-0.15, -0.1) is 0 Å². The summed E-state index contributed by atoms with van der Waals surface area (Å²) in [5.41, 5.74) is 0.751. The Morgan fingerprint density at radius 1 is 1.21 bits per heavy atom. The number of hydrogen-bond acceptors (Lipinski definition) is 4. The van der Waals surface area contributed by atoms with Crippen molar-refractivity contribution < 1.29 is 14.5 Å². The average Bonchev–Trinajstić information content (AvgIpc) is 2.39. The lowest BCUT2D eigenvalue weighted by molar-refractivity contribution is -0.384. The van der Waals surface area contributed by atoms with Crippen molar-refractivity contribution >= 4 is 11.7 Å². The van der Waals surface area contributed by atoms with Gasteiger partial charge >= 0.3 is 5.97 Å². The van der Waals surface area contributed by atoms with Gasteiger partial charge in [-0.1, -0.05) is 38.3 Å². The van der Waals surface area contributed by atoms with Crippen LogP contribution in [-0.2, 0) is 16.0 Å². The van der Waals surface area contributed by atoms with Crippen molar-refractivity contribution in [3.63, 3.8) is 0 Å². The second kappa shape index (κ2) is 8.24. The largest absolute Gasteiger partial charge is 0.465 e. The third-order valence-electron chi connectivity index (χ3n) is 2.76. The maximum atomic E-state index is 11.5. The van der Waals surface area contributed by atoms with Crippen LogP contribution < -0.4 is 0 Å². The number of ether oxygens (including phenoxy) is 1. The molecule has 0 spiro atoms. The fraction of sp³-hybridized carbons (Fsp3) is 0.500. The van der Waals surface area contributed by atoms with Crippen molar-refractivity contribution in [2.24, 2.45) is 0 Å². The van der Waals surface area contributed by atoms with E-state index in [0.29, 0.717) is 6.61 Å². The Bertz CT molecular complexity index is 414. The van der Waals surface area contributed by atoms with E-state index in [0.717, 1.165) is 31.2 Å². The maximum Gasteiger partial charge on any atom is 0.310 e. The van der Waals surface area contributed by atoms with Gasteiger partial charge in [0.05, 0.1) is 18.0 Å². The van der Waals surface area contributed by atoms with E-state index in [-0.39, 0.29) is 18.1 Å². The normalized spacial score (nSPS) is 10.2. The van der Waals surface area contributed by atoms with Crippen LogP contribution in [0, 0.1) is 10.1 Å². The highest BCUT2D eigenvalue weighted by molar-refractivity contribution is 5.72. The molecule has 19 heavy (non-hydrogen) atoms. The highest BCUT2D eigenvalue weighted by atomic mass is 16.6. The molecule has 0 aliphatic rings. The molecule has 0 unspecified atom stereocenters. The summed E-state index contributed by atoms with van der Waals surface area (Å²) in [4.78, 5) is 21.5. The third kappa shape index (κ3) is 5.99. The lowest BCUT2D eigenvalue weighted by Crippen LogP contribution is -2.09. The van der Waals surface area contributed by atoms with Crippen LogP contribution in [0.3, 0.4) is 0 Å². The van der Waals surface area contributed by atoms with Crippen molar-refractivity contribution in [2.45, 2.75) is 39.0 Å². The number of unbranched alkanes of at least 4 members (excludes halogenated alkanes) is 3. The fourth-order valence-corrected chi connectivity index (χ4v) is 1.67. The van der Waals surface area contributed by atoms with Crippen LogP contribution in [0.1, 0.15) is 38.2 Å². The molecule has 104 valence electrons. The van der Waals surface area contributed by atoms with Crippen LogP contribution in [0.25, 0.3) is 0 Å². The van der Waals surface area contributed by atoms with Crippen LogP contribution in [-0.4, -0.2) is 17.5 Å². The first-order valence-electron chi connectivity index (χ1n) is 6.52. The first-order chi connectivity index (χ1) is 9.13. The Hall–Kier alpha value is -1.91. The summed E-state index contributed by atoms with van der Waals surface area (Å²) in [5.74, 6) is -0.287. The van der Waals surface area contributed by atoms with Crippen molar-refractivity contribution in [1.29, 1.82) is 0 Å². The lowest BCUT2D eigenvalue weighted by atomic mass is 10.1. The highest BCUT2D eigenvalue weighted by Crippen LogP contribution is 2.12. The molecule has 1 aromatic rings. The van der Waals surface area contributed by atoms with Crippen molar-refractivity contribution in [2.75, 3.05) is 6.61 Å². The standard InChI is InChI=1S/C14H19NO4/c1-2-3-4-5-10-19-14(16)11-12-6-8-13(9-7-12)15(17)18/h6-9H,2-5,10-11H2,1H3. The number of benzene rings is 1. The van der Waals surface area contributed by atoms with E-state index in [2.05, 4.69) is 6.92 Å². The van der Waals surface area contributed by atoms with E-state index in [4.69, 9.17) is 4.74 Å². The molecule has 5 heteroatoms. The predicted molar refractivity (Wildman–Crippen MR) is 71.9 cm³/mol. The second-order valence-electron chi connectivity index (χ2n) is 4.38. The Kier molecular flexibility index (Phi) is 6.57. The van der Waals surface area contributed by atoms with Crippen molar-refractivity contribution in [3.05, 3.63) is 39.9 Å². The molecule has 5 nitrogen and oxygen atoms in total. The van der Waals surface area contributed by atoms with Gasteiger partial charge in [0, 0.05) is 12.1 Å². The summed E-state index contributed by atoms with van der Waals surface area (Å²) in [6, 6.07) is 5.95.